The monoisotopic (exact) mass is 385 g/mol. The van der Waals surface area contributed by atoms with Gasteiger partial charge in [-0.05, 0) is 43.5 Å². The minimum Gasteiger partial charge on any atom is -0.334 e. The first-order valence-electron chi connectivity index (χ1n) is 7.72. The quantitative estimate of drug-likeness (QED) is 0.743. The topological polar surface area (TPSA) is 82.8 Å². The van der Waals surface area contributed by atoms with Crippen LogP contribution >= 0.6 is 12.4 Å². The largest absolute Gasteiger partial charge is 0.433 e. The van der Waals surface area contributed by atoms with Crippen LogP contribution in [-0.4, -0.2) is 19.9 Å². The van der Waals surface area contributed by atoms with Crippen LogP contribution in [0.3, 0.4) is 0 Å². The van der Waals surface area contributed by atoms with Crippen LogP contribution in [0, 0.1) is 0 Å². The van der Waals surface area contributed by atoms with Gasteiger partial charge in [0.1, 0.15) is 5.69 Å². The van der Waals surface area contributed by atoms with E-state index in [0.717, 1.165) is 36.2 Å². The van der Waals surface area contributed by atoms with Gasteiger partial charge in [-0.3, -0.25) is 0 Å². The Morgan fingerprint density at radius 1 is 1.19 bits per heavy atom. The highest BCUT2D eigenvalue weighted by atomic mass is 35.5. The number of hydrogen-bond donors (Lipinski definition) is 1. The Morgan fingerprint density at radius 2 is 1.96 bits per heavy atom. The van der Waals surface area contributed by atoms with Crippen molar-refractivity contribution in [3.05, 3.63) is 48.0 Å². The van der Waals surface area contributed by atoms with Crippen LogP contribution < -0.4 is 5.73 Å². The summed E-state index contributed by atoms with van der Waals surface area (Å²) in [6.07, 6.45) is -0.812. The van der Waals surface area contributed by atoms with Crippen LogP contribution in [0.15, 0.2) is 41.1 Å². The molecular formula is C16H15ClF3N5O. The minimum absolute atomic E-state index is 0. The highest BCUT2D eigenvalue weighted by Gasteiger charge is 2.39. The standard InChI is InChI=1S/C16H14F3N5O.ClH/c17-16(18,19)12-5-8-21-24(12)11-4-1-3-10(9-11)13-22-14(23-25-13)15(20)6-2-7-15;/h1,3-5,8-9H,2,6-7,20H2;1H. The van der Waals surface area contributed by atoms with Crippen LogP contribution in [0.2, 0.25) is 0 Å². The maximum Gasteiger partial charge on any atom is 0.433 e. The average Bonchev–Trinajstić information content (AvgIpc) is 3.21. The number of hydrogen-bond acceptors (Lipinski definition) is 5. The smallest absolute Gasteiger partial charge is 0.334 e. The molecule has 1 fully saturated rings. The molecular weight excluding hydrogens is 371 g/mol. The lowest BCUT2D eigenvalue weighted by Gasteiger charge is -2.34. The van der Waals surface area contributed by atoms with Gasteiger partial charge in [0.2, 0.25) is 0 Å². The van der Waals surface area contributed by atoms with E-state index in [2.05, 4.69) is 15.2 Å². The molecule has 1 aliphatic carbocycles. The molecule has 26 heavy (non-hydrogen) atoms. The third-order valence-electron chi connectivity index (χ3n) is 4.39. The Bertz CT molecular complexity index is 917. The van der Waals surface area contributed by atoms with Crippen LogP contribution in [-0.2, 0) is 11.7 Å². The van der Waals surface area contributed by atoms with Crippen molar-refractivity contribution in [2.45, 2.75) is 31.0 Å². The van der Waals surface area contributed by atoms with Crippen molar-refractivity contribution >= 4 is 12.4 Å². The fourth-order valence-corrected chi connectivity index (χ4v) is 2.82. The van der Waals surface area contributed by atoms with Gasteiger partial charge in [0.05, 0.1) is 17.4 Å². The summed E-state index contributed by atoms with van der Waals surface area (Å²) < 4.78 is 45.2. The fraction of sp³-hybridized carbons (Fsp3) is 0.312. The van der Waals surface area contributed by atoms with Crippen LogP contribution in [0.1, 0.15) is 30.8 Å². The van der Waals surface area contributed by atoms with E-state index in [9.17, 15) is 13.2 Å². The summed E-state index contributed by atoms with van der Waals surface area (Å²) in [5, 5.41) is 7.69. The van der Waals surface area contributed by atoms with Gasteiger partial charge in [-0.25, -0.2) is 4.68 Å². The second-order valence-corrected chi connectivity index (χ2v) is 6.11. The second kappa shape index (κ2) is 6.40. The minimum atomic E-state index is -4.50. The van der Waals surface area contributed by atoms with Gasteiger partial charge in [-0.2, -0.15) is 23.3 Å². The van der Waals surface area contributed by atoms with Gasteiger partial charge < -0.3 is 10.3 Å². The first kappa shape index (κ1) is 18.4. The summed E-state index contributed by atoms with van der Waals surface area (Å²) in [4.78, 5) is 4.31. The molecule has 0 atom stereocenters. The van der Waals surface area contributed by atoms with E-state index in [1.807, 2.05) is 0 Å². The van der Waals surface area contributed by atoms with Crippen molar-refractivity contribution in [1.82, 2.24) is 19.9 Å². The first-order chi connectivity index (χ1) is 11.9. The third-order valence-corrected chi connectivity index (χ3v) is 4.39. The van der Waals surface area contributed by atoms with Gasteiger partial charge in [0, 0.05) is 5.56 Å². The molecule has 0 unspecified atom stereocenters. The summed E-state index contributed by atoms with van der Waals surface area (Å²) in [7, 11) is 0. The number of rotatable bonds is 3. The molecule has 138 valence electrons. The lowest BCUT2D eigenvalue weighted by atomic mass is 9.77. The summed E-state index contributed by atoms with van der Waals surface area (Å²) in [6, 6.07) is 7.26. The van der Waals surface area contributed by atoms with Crippen molar-refractivity contribution in [3.63, 3.8) is 0 Å². The van der Waals surface area contributed by atoms with Crippen molar-refractivity contribution in [1.29, 1.82) is 0 Å². The fourth-order valence-electron chi connectivity index (χ4n) is 2.82. The molecule has 0 bridgehead atoms. The van der Waals surface area contributed by atoms with E-state index in [-0.39, 0.29) is 24.0 Å². The van der Waals surface area contributed by atoms with Crippen molar-refractivity contribution in [3.8, 4) is 17.1 Å². The molecule has 1 aliphatic rings. The number of nitrogens with two attached hydrogens (primary N) is 1. The maximum atomic E-state index is 13.1. The molecule has 2 N–H and O–H groups in total. The van der Waals surface area contributed by atoms with Crippen molar-refractivity contribution in [2.24, 2.45) is 5.73 Å². The summed E-state index contributed by atoms with van der Waals surface area (Å²) in [6.45, 7) is 0. The molecule has 2 heterocycles. The number of benzene rings is 1. The molecule has 6 nitrogen and oxygen atoms in total. The van der Waals surface area contributed by atoms with Crippen LogP contribution in [0.5, 0.6) is 0 Å². The Morgan fingerprint density at radius 3 is 2.62 bits per heavy atom. The zero-order valence-electron chi connectivity index (χ0n) is 13.4. The Labute approximate surface area is 152 Å². The molecule has 1 aromatic carbocycles. The zero-order chi connectivity index (χ0) is 17.7. The van der Waals surface area contributed by atoms with Crippen molar-refractivity contribution in [2.75, 3.05) is 0 Å². The third kappa shape index (κ3) is 3.08. The Balaban J connectivity index is 0.00000196. The number of halogens is 4. The van der Waals surface area contributed by atoms with Crippen molar-refractivity contribution < 1.29 is 17.7 Å². The van der Waals surface area contributed by atoms with Gasteiger partial charge >= 0.3 is 6.18 Å². The molecule has 3 aromatic rings. The number of nitrogens with zero attached hydrogens (tertiary/aromatic N) is 4. The average molecular weight is 386 g/mol. The van der Waals surface area contributed by atoms with E-state index >= 15 is 0 Å². The summed E-state index contributed by atoms with van der Waals surface area (Å²) >= 11 is 0. The van der Waals surface area contributed by atoms with Gasteiger partial charge in [0.25, 0.3) is 5.89 Å². The molecule has 0 saturated heterocycles. The van der Waals surface area contributed by atoms with E-state index in [1.54, 1.807) is 12.1 Å². The highest BCUT2D eigenvalue weighted by molar-refractivity contribution is 5.85. The lowest BCUT2D eigenvalue weighted by molar-refractivity contribution is -0.142. The van der Waals surface area contributed by atoms with Crippen LogP contribution in [0.4, 0.5) is 13.2 Å². The first-order valence-corrected chi connectivity index (χ1v) is 7.72. The molecule has 0 amide bonds. The van der Waals surface area contributed by atoms with E-state index in [4.69, 9.17) is 10.3 Å². The SMILES string of the molecule is Cl.NC1(c2noc(-c3cccc(-n4nccc4C(F)(F)F)c3)n2)CCC1. The maximum absolute atomic E-state index is 13.1. The predicted molar refractivity (Wildman–Crippen MR) is 88.8 cm³/mol. The van der Waals surface area contributed by atoms with E-state index < -0.39 is 17.4 Å². The molecule has 0 radical (unpaired) electrons. The van der Waals surface area contributed by atoms with Gasteiger partial charge in [-0.15, -0.1) is 12.4 Å². The number of aromatic nitrogens is 4. The normalized spacial score (nSPS) is 16.0. The highest BCUT2D eigenvalue weighted by Crippen LogP contribution is 2.38. The number of alkyl halides is 3. The van der Waals surface area contributed by atoms with Gasteiger partial charge in [-0.1, -0.05) is 11.2 Å². The molecule has 1 saturated carbocycles. The molecule has 0 aliphatic heterocycles. The van der Waals surface area contributed by atoms with E-state index in [0.29, 0.717) is 11.4 Å². The van der Waals surface area contributed by atoms with Crippen LogP contribution in [0.25, 0.3) is 17.1 Å². The van der Waals surface area contributed by atoms with Gasteiger partial charge in [0.15, 0.2) is 5.82 Å². The Hall–Kier alpha value is -2.39. The lowest BCUT2D eigenvalue weighted by Crippen LogP contribution is -2.44. The predicted octanol–water partition coefficient (Wildman–Crippen LogP) is 3.70. The molecule has 2 aromatic heterocycles. The summed E-state index contributed by atoms with van der Waals surface area (Å²) in [5.74, 6) is 0.642. The zero-order valence-corrected chi connectivity index (χ0v) is 14.2. The van der Waals surface area contributed by atoms with E-state index in [1.165, 1.54) is 12.1 Å². The molecule has 0 spiro atoms. The molecule has 4 rings (SSSR count). The Kier molecular flexibility index (Phi) is 4.53. The summed E-state index contributed by atoms with van der Waals surface area (Å²) in [5.41, 5.74) is 5.50. The molecule has 10 heteroatoms. The second-order valence-electron chi connectivity index (χ2n) is 6.11.